The first-order chi connectivity index (χ1) is 8.88. The van der Waals surface area contributed by atoms with Crippen LogP contribution in [-0.4, -0.2) is 39.1 Å². The maximum absolute atomic E-state index is 12.7. The Bertz CT molecular complexity index is 435. The van der Waals surface area contributed by atoms with E-state index in [1.807, 2.05) is 24.7 Å². The van der Waals surface area contributed by atoms with E-state index in [2.05, 4.69) is 37.7 Å². The summed E-state index contributed by atoms with van der Waals surface area (Å²) in [6, 6.07) is 2.00. The largest absolute Gasteiger partial charge is 0.297 e. The predicted octanol–water partition coefficient (Wildman–Crippen LogP) is 2.35. The van der Waals surface area contributed by atoms with Crippen LogP contribution in [0.15, 0.2) is 6.07 Å². The summed E-state index contributed by atoms with van der Waals surface area (Å²) in [7, 11) is 1.90. The second-order valence-corrected chi connectivity index (χ2v) is 5.30. The highest BCUT2D eigenvalue weighted by molar-refractivity contribution is 5.89. The lowest BCUT2D eigenvalue weighted by Gasteiger charge is -2.38. The highest BCUT2D eigenvalue weighted by Crippen LogP contribution is 2.22. The summed E-state index contributed by atoms with van der Waals surface area (Å²) in [5, 5.41) is 4.31. The zero-order chi connectivity index (χ0) is 14.6. The van der Waals surface area contributed by atoms with Crippen molar-refractivity contribution in [3.8, 4) is 0 Å². The molecule has 0 aromatic carbocycles. The average Bonchev–Trinajstić information content (AvgIpc) is 2.68. The normalized spacial score (nSPS) is 14.7. The topological polar surface area (TPSA) is 38.1 Å². The minimum absolute atomic E-state index is 0.279. The van der Waals surface area contributed by atoms with Crippen molar-refractivity contribution in [1.29, 1.82) is 0 Å². The van der Waals surface area contributed by atoms with Gasteiger partial charge in [-0.3, -0.25) is 14.4 Å². The monoisotopic (exact) mass is 265 g/mol. The lowest BCUT2D eigenvalue weighted by Crippen LogP contribution is -2.52. The van der Waals surface area contributed by atoms with E-state index in [0.29, 0.717) is 6.42 Å². The van der Waals surface area contributed by atoms with Gasteiger partial charge >= 0.3 is 0 Å². The number of ketones is 1. The summed E-state index contributed by atoms with van der Waals surface area (Å²) < 4.78 is 1.81. The van der Waals surface area contributed by atoms with Gasteiger partial charge in [-0.15, -0.1) is 0 Å². The molecule has 108 valence electrons. The Morgan fingerprint density at radius 3 is 2.32 bits per heavy atom. The molecule has 4 nitrogen and oxygen atoms in total. The van der Waals surface area contributed by atoms with Crippen LogP contribution in [0.4, 0.5) is 0 Å². The number of Topliss-reactive ketones (excluding diaryl/α,β-unsaturated/α-hetero) is 1. The minimum atomic E-state index is -0.373. The van der Waals surface area contributed by atoms with Gasteiger partial charge in [0.05, 0.1) is 17.7 Å². The Labute approximate surface area is 116 Å². The molecule has 1 heterocycles. The van der Waals surface area contributed by atoms with Crippen LogP contribution in [0.2, 0.25) is 0 Å². The first-order valence-corrected chi connectivity index (χ1v) is 7.16. The number of rotatable bonds is 7. The van der Waals surface area contributed by atoms with Crippen molar-refractivity contribution < 1.29 is 4.79 Å². The third-order valence-corrected chi connectivity index (χ3v) is 4.19. The first-order valence-electron chi connectivity index (χ1n) is 7.16. The van der Waals surface area contributed by atoms with E-state index in [1.54, 1.807) is 0 Å². The molecule has 0 N–H and O–H groups in total. The van der Waals surface area contributed by atoms with Gasteiger partial charge in [0.1, 0.15) is 0 Å². The number of likely N-dealkylation sites (N-methyl/N-ethyl adjacent to an activating group) is 1. The number of nitrogens with zero attached hydrogens (tertiary/aromatic N) is 3. The molecular formula is C15H27N3O. The van der Waals surface area contributed by atoms with E-state index in [0.717, 1.165) is 30.9 Å². The van der Waals surface area contributed by atoms with Crippen molar-refractivity contribution in [1.82, 2.24) is 14.7 Å². The molecule has 0 spiro atoms. The SMILES string of the molecule is CCN(CC)C(C)(CC)C(=O)Cc1cc(C)nn1C. The number of hydrogen-bond donors (Lipinski definition) is 0. The van der Waals surface area contributed by atoms with E-state index in [4.69, 9.17) is 0 Å². The highest BCUT2D eigenvalue weighted by atomic mass is 16.1. The average molecular weight is 265 g/mol. The van der Waals surface area contributed by atoms with Crippen molar-refractivity contribution in [2.45, 2.75) is 53.0 Å². The zero-order valence-corrected chi connectivity index (χ0v) is 13.2. The number of carbonyl (C=O) groups excluding carboxylic acids is 1. The molecular weight excluding hydrogens is 238 g/mol. The van der Waals surface area contributed by atoms with Crippen molar-refractivity contribution in [3.63, 3.8) is 0 Å². The predicted molar refractivity (Wildman–Crippen MR) is 78.3 cm³/mol. The fourth-order valence-corrected chi connectivity index (χ4v) is 2.70. The van der Waals surface area contributed by atoms with E-state index >= 15 is 0 Å². The molecule has 1 rings (SSSR count). The van der Waals surface area contributed by atoms with Crippen molar-refractivity contribution >= 4 is 5.78 Å². The van der Waals surface area contributed by atoms with Gasteiger partial charge in [-0.2, -0.15) is 5.10 Å². The molecule has 19 heavy (non-hydrogen) atoms. The standard InChI is InChI=1S/C15H27N3O/c1-7-15(5,18(8-2)9-3)14(19)11-13-10-12(4)16-17(13)6/h10H,7-9,11H2,1-6H3. The van der Waals surface area contributed by atoms with Crippen LogP contribution >= 0.6 is 0 Å². The number of aromatic nitrogens is 2. The van der Waals surface area contributed by atoms with Gasteiger partial charge in [0.2, 0.25) is 0 Å². The third-order valence-electron chi connectivity index (χ3n) is 4.19. The summed E-state index contributed by atoms with van der Waals surface area (Å²) in [6.07, 6.45) is 1.29. The fourth-order valence-electron chi connectivity index (χ4n) is 2.70. The number of aryl methyl sites for hydroxylation is 2. The van der Waals surface area contributed by atoms with E-state index in [-0.39, 0.29) is 11.3 Å². The Kier molecular flexibility index (Phi) is 5.29. The summed E-state index contributed by atoms with van der Waals surface area (Å²) in [6.45, 7) is 12.1. The van der Waals surface area contributed by atoms with Crippen molar-refractivity contribution in [2.24, 2.45) is 7.05 Å². The van der Waals surface area contributed by atoms with Gasteiger partial charge in [-0.25, -0.2) is 0 Å². The van der Waals surface area contributed by atoms with Gasteiger partial charge in [0.25, 0.3) is 0 Å². The van der Waals surface area contributed by atoms with Crippen LogP contribution in [0, 0.1) is 6.92 Å². The molecule has 4 heteroatoms. The van der Waals surface area contributed by atoms with Gasteiger partial charge < -0.3 is 0 Å². The number of carbonyl (C=O) groups is 1. The zero-order valence-electron chi connectivity index (χ0n) is 13.2. The molecule has 0 aliphatic heterocycles. The third kappa shape index (κ3) is 3.24. The fraction of sp³-hybridized carbons (Fsp3) is 0.733. The van der Waals surface area contributed by atoms with Gasteiger partial charge in [-0.05, 0) is 39.4 Å². The summed E-state index contributed by atoms with van der Waals surface area (Å²) in [4.78, 5) is 15.0. The molecule has 0 radical (unpaired) electrons. The molecule has 1 unspecified atom stereocenters. The molecule has 1 aromatic rings. The van der Waals surface area contributed by atoms with Crippen LogP contribution in [0.25, 0.3) is 0 Å². The smallest absolute Gasteiger partial charge is 0.158 e. The van der Waals surface area contributed by atoms with Crippen LogP contribution < -0.4 is 0 Å². The first kappa shape index (κ1) is 15.9. The molecule has 0 saturated heterocycles. The van der Waals surface area contributed by atoms with Crippen molar-refractivity contribution in [2.75, 3.05) is 13.1 Å². The van der Waals surface area contributed by atoms with Crippen LogP contribution in [0.1, 0.15) is 45.5 Å². The molecule has 0 aliphatic rings. The quantitative estimate of drug-likeness (QED) is 0.759. The number of hydrogen-bond acceptors (Lipinski definition) is 3. The Hall–Kier alpha value is -1.16. The van der Waals surface area contributed by atoms with Crippen LogP contribution in [0.5, 0.6) is 0 Å². The maximum atomic E-state index is 12.7. The summed E-state index contributed by atoms with van der Waals surface area (Å²) in [5.41, 5.74) is 1.59. The van der Waals surface area contributed by atoms with Crippen LogP contribution in [-0.2, 0) is 18.3 Å². The summed E-state index contributed by atoms with van der Waals surface area (Å²) >= 11 is 0. The molecule has 0 bridgehead atoms. The molecule has 0 saturated carbocycles. The molecule has 1 aromatic heterocycles. The second kappa shape index (κ2) is 6.33. The van der Waals surface area contributed by atoms with E-state index in [1.165, 1.54) is 0 Å². The van der Waals surface area contributed by atoms with E-state index in [9.17, 15) is 4.79 Å². The second-order valence-electron chi connectivity index (χ2n) is 5.30. The van der Waals surface area contributed by atoms with Gasteiger partial charge in [0, 0.05) is 12.7 Å². The molecule has 0 amide bonds. The van der Waals surface area contributed by atoms with Crippen molar-refractivity contribution in [3.05, 3.63) is 17.5 Å². The summed E-state index contributed by atoms with van der Waals surface area (Å²) in [5.74, 6) is 0.279. The molecule has 1 atom stereocenters. The van der Waals surface area contributed by atoms with E-state index < -0.39 is 0 Å². The Balaban J connectivity index is 2.93. The molecule has 0 aliphatic carbocycles. The van der Waals surface area contributed by atoms with Gasteiger partial charge in [-0.1, -0.05) is 20.8 Å². The lowest BCUT2D eigenvalue weighted by molar-refractivity contribution is -0.130. The molecule has 0 fully saturated rings. The highest BCUT2D eigenvalue weighted by Gasteiger charge is 2.35. The Morgan fingerprint density at radius 1 is 1.37 bits per heavy atom. The minimum Gasteiger partial charge on any atom is -0.297 e. The van der Waals surface area contributed by atoms with Gasteiger partial charge in [0.15, 0.2) is 5.78 Å². The lowest BCUT2D eigenvalue weighted by atomic mass is 9.88. The Morgan fingerprint density at radius 2 is 1.95 bits per heavy atom. The maximum Gasteiger partial charge on any atom is 0.158 e. The van der Waals surface area contributed by atoms with Crippen LogP contribution in [0.3, 0.4) is 0 Å².